The molecule has 176 valence electrons. The van der Waals surface area contributed by atoms with Crippen LogP contribution in [-0.4, -0.2) is 65.5 Å². The van der Waals surface area contributed by atoms with Crippen LogP contribution < -0.4 is 4.74 Å². The molecular weight excluding hydrogens is 429 g/mol. The molecule has 1 aromatic heterocycles. The Balaban J connectivity index is 0.000000360. The van der Waals surface area contributed by atoms with Gasteiger partial charge in [-0.15, -0.1) is 0 Å². The number of piperidine rings is 1. The van der Waals surface area contributed by atoms with Crippen molar-refractivity contribution in [2.75, 3.05) is 26.3 Å². The highest BCUT2D eigenvalue weighted by Crippen LogP contribution is 2.41. The number of rotatable bonds is 4. The predicted molar refractivity (Wildman–Crippen MR) is 108 cm³/mol. The van der Waals surface area contributed by atoms with Gasteiger partial charge in [0.15, 0.2) is 0 Å². The molecule has 3 aliphatic rings. The lowest BCUT2D eigenvalue weighted by Gasteiger charge is -2.50. The molecule has 0 spiro atoms. The molecule has 2 fully saturated rings. The summed E-state index contributed by atoms with van der Waals surface area (Å²) < 4.78 is 43.9. The molecule has 1 aromatic rings. The summed E-state index contributed by atoms with van der Waals surface area (Å²) in [6.45, 7) is 2.91. The van der Waals surface area contributed by atoms with Gasteiger partial charge in [0.2, 0.25) is 5.91 Å². The molecule has 2 saturated heterocycles. The second-order valence-corrected chi connectivity index (χ2v) is 8.24. The largest absolute Gasteiger partial charge is 0.491 e. The highest BCUT2D eigenvalue weighted by Gasteiger charge is 2.48. The number of pyridine rings is 1. The Morgan fingerprint density at radius 3 is 2.75 bits per heavy atom. The summed E-state index contributed by atoms with van der Waals surface area (Å²) in [6, 6.07) is 3.81. The molecule has 2 unspecified atom stereocenters. The van der Waals surface area contributed by atoms with Gasteiger partial charge in [0, 0.05) is 36.9 Å². The number of carboxylic acids is 1. The van der Waals surface area contributed by atoms with Crippen molar-refractivity contribution in [3.63, 3.8) is 0 Å². The van der Waals surface area contributed by atoms with E-state index in [1.54, 1.807) is 12.4 Å². The van der Waals surface area contributed by atoms with Crippen LogP contribution in [0.4, 0.5) is 13.2 Å². The van der Waals surface area contributed by atoms with Crippen LogP contribution in [0.1, 0.15) is 38.5 Å². The van der Waals surface area contributed by atoms with Crippen LogP contribution in [-0.2, 0) is 14.3 Å². The topological polar surface area (TPSA) is 89.0 Å². The Kier molecular flexibility index (Phi) is 7.76. The van der Waals surface area contributed by atoms with Crippen molar-refractivity contribution in [1.82, 2.24) is 9.88 Å². The molecule has 2 aliphatic heterocycles. The number of ether oxygens (including phenoxy) is 2. The van der Waals surface area contributed by atoms with Crippen molar-refractivity contribution in [1.29, 1.82) is 0 Å². The molecule has 32 heavy (non-hydrogen) atoms. The minimum atomic E-state index is -5.08. The molecule has 4 rings (SSSR count). The molecule has 10 heteroatoms. The molecule has 7 nitrogen and oxygen atoms in total. The zero-order valence-electron chi connectivity index (χ0n) is 17.6. The van der Waals surface area contributed by atoms with Crippen LogP contribution in [0.15, 0.2) is 36.2 Å². The highest BCUT2D eigenvalue weighted by molar-refractivity contribution is 5.93. The molecule has 0 radical (unpaired) electrons. The average Bonchev–Trinajstić information content (AvgIpc) is 3.32. The molecule has 0 aromatic carbocycles. The van der Waals surface area contributed by atoms with Crippen LogP contribution in [0.3, 0.4) is 0 Å². The first-order chi connectivity index (χ1) is 15.2. The summed E-state index contributed by atoms with van der Waals surface area (Å²) in [5.74, 6) is -1.75. The molecule has 0 saturated carbocycles. The summed E-state index contributed by atoms with van der Waals surface area (Å²) in [5.41, 5.74) is 0.889. The van der Waals surface area contributed by atoms with Gasteiger partial charge in [0.1, 0.15) is 5.75 Å². The van der Waals surface area contributed by atoms with E-state index in [9.17, 15) is 18.0 Å². The van der Waals surface area contributed by atoms with E-state index >= 15 is 0 Å². The van der Waals surface area contributed by atoms with Gasteiger partial charge in [-0.3, -0.25) is 9.78 Å². The van der Waals surface area contributed by atoms with Crippen LogP contribution >= 0.6 is 0 Å². The molecule has 3 heterocycles. The molecule has 0 bridgehead atoms. The number of nitrogens with zero attached hydrogens (tertiary/aromatic N) is 2. The van der Waals surface area contributed by atoms with Crippen molar-refractivity contribution < 1.29 is 37.3 Å². The second-order valence-electron chi connectivity index (χ2n) is 8.24. The number of likely N-dealkylation sites (tertiary alicyclic amines) is 1. The van der Waals surface area contributed by atoms with Gasteiger partial charge in [-0.25, -0.2) is 4.79 Å². The van der Waals surface area contributed by atoms with E-state index in [0.29, 0.717) is 6.61 Å². The van der Waals surface area contributed by atoms with Crippen molar-refractivity contribution in [3.05, 3.63) is 36.2 Å². The van der Waals surface area contributed by atoms with Gasteiger partial charge < -0.3 is 19.5 Å². The first-order valence-electron chi connectivity index (χ1n) is 10.6. The molecule has 1 amide bonds. The van der Waals surface area contributed by atoms with E-state index < -0.39 is 12.1 Å². The number of carbonyl (C=O) groups is 2. The van der Waals surface area contributed by atoms with Crippen LogP contribution in [0.5, 0.6) is 5.75 Å². The fraction of sp³-hybridized carbons (Fsp3) is 0.591. The number of hydrogen-bond donors (Lipinski definition) is 1. The van der Waals surface area contributed by atoms with Crippen molar-refractivity contribution in [3.8, 4) is 5.75 Å². The fourth-order valence-corrected chi connectivity index (χ4v) is 4.40. The lowest BCUT2D eigenvalue weighted by Crippen LogP contribution is -2.58. The van der Waals surface area contributed by atoms with Crippen molar-refractivity contribution in [2.45, 2.75) is 50.8 Å². The lowest BCUT2D eigenvalue weighted by molar-refractivity contribution is -0.192. The normalized spacial score (nSPS) is 25.2. The number of allylic oxidation sites excluding steroid dienone is 1. The minimum Gasteiger partial charge on any atom is -0.491 e. The van der Waals surface area contributed by atoms with E-state index in [1.165, 1.54) is 0 Å². The summed E-state index contributed by atoms with van der Waals surface area (Å²) in [6.07, 6.45) is 6.73. The second kappa shape index (κ2) is 10.3. The van der Waals surface area contributed by atoms with Gasteiger partial charge in [-0.2, -0.15) is 13.2 Å². The monoisotopic (exact) mass is 456 g/mol. The van der Waals surface area contributed by atoms with Gasteiger partial charge >= 0.3 is 12.1 Å². The molecular formula is C22H27F3N2O5. The number of fused-ring (bicyclic) bond motifs is 1. The number of hydrogen-bond acceptors (Lipinski definition) is 5. The van der Waals surface area contributed by atoms with E-state index in [2.05, 4.69) is 11.1 Å². The first-order valence-corrected chi connectivity index (χ1v) is 10.6. The fourth-order valence-electron chi connectivity index (χ4n) is 4.40. The SMILES string of the molecule is O=C(C1=CCCC1)N1CCC2OCCCC2(COc2cccnc2)C1.O=C(O)C(F)(F)F. The Morgan fingerprint density at radius 1 is 1.34 bits per heavy atom. The van der Waals surface area contributed by atoms with Gasteiger partial charge in [-0.1, -0.05) is 6.08 Å². The smallest absolute Gasteiger partial charge is 0.490 e. The molecule has 1 N–H and O–H groups in total. The van der Waals surface area contributed by atoms with Gasteiger partial charge in [-0.05, 0) is 50.7 Å². The lowest BCUT2D eigenvalue weighted by atomic mass is 9.73. The predicted octanol–water partition coefficient (Wildman–Crippen LogP) is 3.60. The Hall–Kier alpha value is -2.62. The quantitative estimate of drug-likeness (QED) is 0.745. The minimum absolute atomic E-state index is 0.110. The summed E-state index contributed by atoms with van der Waals surface area (Å²) in [7, 11) is 0. The van der Waals surface area contributed by atoms with Gasteiger partial charge in [0.25, 0.3) is 0 Å². The average molecular weight is 456 g/mol. The zero-order chi connectivity index (χ0) is 23.2. The van der Waals surface area contributed by atoms with E-state index in [0.717, 1.165) is 69.5 Å². The van der Waals surface area contributed by atoms with Gasteiger partial charge in [0.05, 0.1) is 18.9 Å². The number of aromatic nitrogens is 1. The first kappa shape index (κ1) is 24.0. The Labute approximate surface area is 184 Å². The third-order valence-electron chi connectivity index (χ3n) is 5.99. The van der Waals surface area contributed by atoms with E-state index in [-0.39, 0.29) is 17.4 Å². The number of amides is 1. The zero-order valence-corrected chi connectivity index (χ0v) is 17.6. The van der Waals surface area contributed by atoms with Crippen molar-refractivity contribution in [2.24, 2.45) is 5.41 Å². The molecule has 1 aliphatic carbocycles. The number of carboxylic acid groups (broad SMARTS) is 1. The summed E-state index contributed by atoms with van der Waals surface area (Å²) in [4.78, 5) is 27.9. The molecule has 2 atom stereocenters. The Bertz CT molecular complexity index is 831. The highest BCUT2D eigenvalue weighted by atomic mass is 19.4. The number of halogens is 3. The maximum atomic E-state index is 12.9. The number of carbonyl (C=O) groups excluding carboxylic acids is 1. The van der Waals surface area contributed by atoms with E-state index in [4.69, 9.17) is 19.4 Å². The van der Waals surface area contributed by atoms with Crippen LogP contribution in [0.2, 0.25) is 0 Å². The van der Waals surface area contributed by atoms with Crippen molar-refractivity contribution >= 4 is 11.9 Å². The third kappa shape index (κ3) is 5.99. The number of alkyl halides is 3. The maximum Gasteiger partial charge on any atom is 0.490 e. The van der Waals surface area contributed by atoms with Crippen LogP contribution in [0.25, 0.3) is 0 Å². The van der Waals surface area contributed by atoms with Crippen LogP contribution in [0, 0.1) is 5.41 Å². The Morgan fingerprint density at radius 2 is 2.12 bits per heavy atom. The van der Waals surface area contributed by atoms with E-state index in [1.807, 2.05) is 17.0 Å². The third-order valence-corrected chi connectivity index (χ3v) is 5.99. The summed E-state index contributed by atoms with van der Waals surface area (Å²) >= 11 is 0. The number of aliphatic carboxylic acids is 1. The maximum absolute atomic E-state index is 12.9. The standard InChI is InChI=1S/C20H26N2O3.C2HF3O2/c23-19(16-5-1-2-6-16)22-11-8-18-20(14-22,9-4-12-24-18)15-25-17-7-3-10-21-13-17;3-2(4,5)1(6)7/h3,5,7,10,13,18H,1-2,4,6,8-9,11-12,14-15H2;(H,6,7). The summed E-state index contributed by atoms with van der Waals surface area (Å²) in [5, 5.41) is 7.12.